The second-order valence-corrected chi connectivity index (χ2v) is 6.62. The van der Waals surface area contributed by atoms with Crippen LogP contribution in [0.15, 0.2) is 30.3 Å². The molecule has 0 saturated carbocycles. The van der Waals surface area contributed by atoms with Gasteiger partial charge in [-0.05, 0) is 30.7 Å². The lowest BCUT2D eigenvalue weighted by Crippen LogP contribution is -2.50. The van der Waals surface area contributed by atoms with Gasteiger partial charge in [-0.25, -0.2) is 10.9 Å². The van der Waals surface area contributed by atoms with E-state index in [-0.39, 0.29) is 18.5 Å². The number of nitrogens with zero attached hydrogens (tertiary/aromatic N) is 1. The molecule has 8 nitrogen and oxygen atoms in total. The Balaban J connectivity index is 1.70. The number of ether oxygens (including phenoxy) is 1. The lowest BCUT2D eigenvalue weighted by molar-refractivity contribution is -0.517. The normalized spacial score (nSPS) is 25.4. The van der Waals surface area contributed by atoms with Crippen molar-refractivity contribution in [3.63, 3.8) is 0 Å². The predicted octanol–water partition coefficient (Wildman–Crippen LogP) is 0.782. The molecular weight excluding hydrogens is 324 g/mol. The zero-order chi connectivity index (χ0) is 17.6. The molecule has 2 aliphatic rings. The van der Waals surface area contributed by atoms with Crippen LogP contribution in [-0.4, -0.2) is 42.7 Å². The van der Waals surface area contributed by atoms with E-state index in [1.807, 2.05) is 30.3 Å². The number of hydrogen-bond donors (Lipinski definition) is 3. The molecule has 2 heterocycles. The SMILES string of the molecule is O=C(NC(CC1CCOCC1)c1ccccc1)C1NNCC1[N+](=O)[O-]. The molecule has 3 unspecified atom stereocenters. The van der Waals surface area contributed by atoms with Gasteiger partial charge in [-0.2, -0.15) is 0 Å². The van der Waals surface area contributed by atoms with Gasteiger partial charge in [0.2, 0.25) is 5.91 Å². The fourth-order valence-electron chi connectivity index (χ4n) is 3.46. The third-order valence-corrected chi connectivity index (χ3v) is 4.94. The highest BCUT2D eigenvalue weighted by Crippen LogP contribution is 2.28. The van der Waals surface area contributed by atoms with Crippen LogP contribution in [0.4, 0.5) is 0 Å². The summed E-state index contributed by atoms with van der Waals surface area (Å²) in [5.74, 6) is 0.132. The summed E-state index contributed by atoms with van der Waals surface area (Å²) < 4.78 is 5.41. The van der Waals surface area contributed by atoms with E-state index in [1.165, 1.54) is 0 Å². The zero-order valence-corrected chi connectivity index (χ0v) is 14.0. The first-order valence-corrected chi connectivity index (χ1v) is 8.70. The van der Waals surface area contributed by atoms with E-state index in [4.69, 9.17) is 4.74 Å². The molecule has 0 radical (unpaired) electrons. The number of nitrogens with one attached hydrogen (secondary N) is 3. The van der Waals surface area contributed by atoms with E-state index in [9.17, 15) is 14.9 Å². The third kappa shape index (κ3) is 4.53. The molecule has 0 aromatic heterocycles. The summed E-state index contributed by atoms with van der Waals surface area (Å²) in [6, 6.07) is 7.79. The Morgan fingerprint density at radius 3 is 2.72 bits per heavy atom. The van der Waals surface area contributed by atoms with Gasteiger partial charge in [-0.1, -0.05) is 30.3 Å². The lowest BCUT2D eigenvalue weighted by Gasteiger charge is -2.28. The second-order valence-electron chi connectivity index (χ2n) is 6.62. The molecule has 3 N–H and O–H groups in total. The zero-order valence-electron chi connectivity index (χ0n) is 14.0. The van der Waals surface area contributed by atoms with Crippen molar-refractivity contribution in [2.24, 2.45) is 5.92 Å². The van der Waals surface area contributed by atoms with Crippen LogP contribution < -0.4 is 16.2 Å². The fraction of sp³-hybridized carbons (Fsp3) is 0.588. The largest absolute Gasteiger partial charge is 0.381 e. The summed E-state index contributed by atoms with van der Waals surface area (Å²) in [6.07, 6.45) is 2.75. The number of carbonyl (C=O) groups is 1. The molecule has 1 aromatic rings. The Morgan fingerprint density at radius 1 is 1.32 bits per heavy atom. The lowest BCUT2D eigenvalue weighted by atomic mass is 9.89. The molecule has 2 aliphatic heterocycles. The quantitative estimate of drug-likeness (QED) is 0.518. The number of rotatable bonds is 6. The maximum absolute atomic E-state index is 12.6. The van der Waals surface area contributed by atoms with Crippen molar-refractivity contribution in [2.75, 3.05) is 19.8 Å². The first-order valence-electron chi connectivity index (χ1n) is 8.70. The Bertz CT molecular complexity index is 592. The van der Waals surface area contributed by atoms with E-state index >= 15 is 0 Å². The van der Waals surface area contributed by atoms with Gasteiger partial charge in [0, 0.05) is 18.1 Å². The summed E-state index contributed by atoms with van der Waals surface area (Å²) in [4.78, 5) is 23.4. The van der Waals surface area contributed by atoms with Crippen LogP contribution in [0.25, 0.3) is 0 Å². The molecule has 2 saturated heterocycles. The van der Waals surface area contributed by atoms with Crippen molar-refractivity contribution in [2.45, 2.75) is 37.4 Å². The molecule has 0 spiro atoms. The van der Waals surface area contributed by atoms with Gasteiger partial charge >= 0.3 is 0 Å². The monoisotopic (exact) mass is 348 g/mol. The minimum atomic E-state index is -0.959. The molecule has 3 rings (SSSR count). The van der Waals surface area contributed by atoms with Crippen molar-refractivity contribution < 1.29 is 14.5 Å². The van der Waals surface area contributed by atoms with E-state index in [1.54, 1.807) is 0 Å². The minimum Gasteiger partial charge on any atom is -0.381 e. The second kappa shape index (κ2) is 8.37. The van der Waals surface area contributed by atoms with E-state index in [0.29, 0.717) is 5.92 Å². The Hall–Kier alpha value is -2.03. The third-order valence-electron chi connectivity index (χ3n) is 4.94. The summed E-state index contributed by atoms with van der Waals surface area (Å²) in [6.45, 7) is 1.64. The Kier molecular flexibility index (Phi) is 5.95. The fourth-order valence-corrected chi connectivity index (χ4v) is 3.46. The van der Waals surface area contributed by atoms with Crippen LogP contribution >= 0.6 is 0 Å². The summed E-state index contributed by atoms with van der Waals surface area (Å²) in [5.41, 5.74) is 6.45. The Labute approximate surface area is 146 Å². The van der Waals surface area contributed by atoms with E-state index in [0.717, 1.165) is 38.0 Å². The molecule has 1 aromatic carbocycles. The number of hydrazine groups is 1. The van der Waals surface area contributed by atoms with Crippen LogP contribution in [0.5, 0.6) is 0 Å². The number of benzene rings is 1. The van der Waals surface area contributed by atoms with Gasteiger partial charge in [0.1, 0.15) is 0 Å². The molecule has 8 heteroatoms. The van der Waals surface area contributed by atoms with Crippen LogP contribution in [0.2, 0.25) is 0 Å². The van der Waals surface area contributed by atoms with Gasteiger partial charge < -0.3 is 10.1 Å². The Morgan fingerprint density at radius 2 is 2.04 bits per heavy atom. The summed E-state index contributed by atoms with van der Waals surface area (Å²) in [7, 11) is 0. The number of carbonyl (C=O) groups excluding carboxylic acids is 1. The highest BCUT2D eigenvalue weighted by Gasteiger charge is 2.42. The highest BCUT2D eigenvalue weighted by molar-refractivity contribution is 5.83. The minimum absolute atomic E-state index is 0.140. The average molecular weight is 348 g/mol. The maximum atomic E-state index is 12.6. The topological polar surface area (TPSA) is 106 Å². The van der Waals surface area contributed by atoms with Gasteiger partial charge in [0.15, 0.2) is 6.04 Å². The van der Waals surface area contributed by atoms with Crippen LogP contribution in [0.1, 0.15) is 30.9 Å². The van der Waals surface area contributed by atoms with Crippen molar-refractivity contribution in [1.82, 2.24) is 16.2 Å². The summed E-state index contributed by atoms with van der Waals surface area (Å²) in [5, 5.41) is 14.1. The van der Waals surface area contributed by atoms with Crippen molar-refractivity contribution in [1.29, 1.82) is 0 Å². The number of hydrogen-bond acceptors (Lipinski definition) is 6. The van der Waals surface area contributed by atoms with E-state index in [2.05, 4.69) is 16.2 Å². The molecular formula is C17H24N4O4. The number of amides is 1. The first kappa shape index (κ1) is 17.8. The van der Waals surface area contributed by atoms with Gasteiger partial charge in [0.05, 0.1) is 12.6 Å². The predicted molar refractivity (Wildman–Crippen MR) is 91.2 cm³/mol. The first-order chi connectivity index (χ1) is 12.1. The van der Waals surface area contributed by atoms with E-state index < -0.39 is 17.0 Å². The van der Waals surface area contributed by atoms with Crippen molar-refractivity contribution >= 4 is 5.91 Å². The summed E-state index contributed by atoms with van der Waals surface area (Å²) >= 11 is 0. The van der Waals surface area contributed by atoms with Gasteiger partial charge in [-0.3, -0.25) is 14.9 Å². The van der Waals surface area contributed by atoms with Gasteiger partial charge in [-0.15, -0.1) is 0 Å². The van der Waals surface area contributed by atoms with Crippen molar-refractivity contribution in [3.8, 4) is 0 Å². The number of nitro groups is 1. The molecule has 0 bridgehead atoms. The average Bonchev–Trinajstić information content (AvgIpc) is 3.13. The molecule has 1 amide bonds. The molecule has 3 atom stereocenters. The smallest absolute Gasteiger partial charge is 0.252 e. The highest BCUT2D eigenvalue weighted by atomic mass is 16.6. The maximum Gasteiger partial charge on any atom is 0.252 e. The van der Waals surface area contributed by atoms with Crippen LogP contribution in [0, 0.1) is 16.0 Å². The standard InChI is InChI=1S/C17H24N4O4/c22-17(16-15(21(23)24)11-18-20-16)19-14(13-4-2-1-3-5-13)10-12-6-8-25-9-7-12/h1-5,12,14-16,18,20H,6-11H2,(H,19,22). The molecule has 2 fully saturated rings. The molecule has 0 aliphatic carbocycles. The van der Waals surface area contributed by atoms with Crippen LogP contribution in [0.3, 0.4) is 0 Å². The van der Waals surface area contributed by atoms with Crippen LogP contribution in [-0.2, 0) is 9.53 Å². The van der Waals surface area contributed by atoms with Crippen molar-refractivity contribution in [3.05, 3.63) is 46.0 Å². The van der Waals surface area contributed by atoms with Gasteiger partial charge in [0.25, 0.3) is 6.04 Å². The molecule has 25 heavy (non-hydrogen) atoms. The molecule has 136 valence electrons.